The highest BCUT2D eigenvalue weighted by Crippen LogP contribution is 2.35. The van der Waals surface area contributed by atoms with Gasteiger partial charge in [0.05, 0.1) is 11.0 Å². The van der Waals surface area contributed by atoms with Gasteiger partial charge >= 0.3 is 6.01 Å². The number of thioether (sulfide) groups is 1. The molecule has 0 aliphatic rings. The van der Waals surface area contributed by atoms with E-state index in [1.54, 1.807) is 24.5 Å². The summed E-state index contributed by atoms with van der Waals surface area (Å²) < 4.78 is 5.12. The summed E-state index contributed by atoms with van der Waals surface area (Å²) in [7, 11) is 0. The second-order valence-corrected chi connectivity index (χ2v) is 8.02. The molecule has 2 aromatic heterocycles. The first-order valence-electron chi connectivity index (χ1n) is 9.40. The van der Waals surface area contributed by atoms with Crippen LogP contribution in [0.5, 0.6) is 0 Å². The lowest BCUT2D eigenvalue weighted by molar-refractivity contribution is -0.118. The Bertz CT molecular complexity index is 1120. The molecular weight excluding hydrogens is 434 g/mol. The highest BCUT2D eigenvalue weighted by molar-refractivity contribution is 8.00. The molecule has 0 spiro atoms. The van der Waals surface area contributed by atoms with E-state index in [0.717, 1.165) is 16.7 Å². The van der Waals surface area contributed by atoms with Crippen LogP contribution in [-0.4, -0.2) is 26.8 Å². The number of benzene rings is 2. The van der Waals surface area contributed by atoms with Gasteiger partial charge in [0.2, 0.25) is 11.7 Å². The van der Waals surface area contributed by atoms with Crippen molar-refractivity contribution in [2.24, 2.45) is 0 Å². The molecule has 0 aliphatic heterocycles. The zero-order chi connectivity index (χ0) is 21.5. The maximum absolute atomic E-state index is 12.4. The van der Waals surface area contributed by atoms with Crippen molar-refractivity contribution in [3.8, 4) is 11.4 Å². The summed E-state index contributed by atoms with van der Waals surface area (Å²) in [6.07, 6.45) is 3.28. The van der Waals surface area contributed by atoms with Crippen LogP contribution >= 0.6 is 23.4 Å². The molecule has 0 saturated heterocycles. The van der Waals surface area contributed by atoms with Crippen LogP contribution in [0.1, 0.15) is 16.4 Å². The molecule has 1 amide bonds. The number of rotatable bonds is 8. The van der Waals surface area contributed by atoms with E-state index in [2.05, 4.69) is 26.0 Å². The largest absolute Gasteiger partial charge is 0.340 e. The van der Waals surface area contributed by atoms with E-state index in [1.165, 1.54) is 11.8 Å². The fourth-order valence-electron chi connectivity index (χ4n) is 2.86. The summed E-state index contributed by atoms with van der Waals surface area (Å²) in [5.41, 5.74) is 8.19. The predicted molar refractivity (Wildman–Crippen MR) is 121 cm³/mol. The second-order valence-electron chi connectivity index (χ2n) is 6.49. The quantitative estimate of drug-likeness (QED) is 0.373. The third-order valence-corrected chi connectivity index (χ3v) is 5.89. The molecule has 156 valence electrons. The molecular formula is C22H18ClN5O2S. The van der Waals surface area contributed by atoms with Crippen LogP contribution in [0.15, 0.2) is 83.6 Å². The van der Waals surface area contributed by atoms with Crippen LogP contribution in [0, 0.1) is 0 Å². The lowest BCUT2D eigenvalue weighted by atomic mass is 10.0. The van der Waals surface area contributed by atoms with Gasteiger partial charge in [-0.2, -0.15) is 4.98 Å². The molecule has 4 aromatic rings. The van der Waals surface area contributed by atoms with E-state index >= 15 is 0 Å². The van der Waals surface area contributed by atoms with E-state index < -0.39 is 0 Å². The Hall–Kier alpha value is -3.36. The third-order valence-electron chi connectivity index (χ3n) is 4.33. The van der Waals surface area contributed by atoms with Crippen molar-refractivity contribution in [3.05, 3.63) is 95.3 Å². The molecule has 1 unspecified atom stereocenters. The standard InChI is InChI=1S/C22H18ClN5O2S/c23-18-8-6-16(7-9-18)20(15-4-2-1-3-5-15)31-14-19(29)26-27-22-25-21(28-30-22)17-10-12-24-13-11-17/h1-13,20H,14H2,(H,26,29)(H,25,27,28). The molecule has 31 heavy (non-hydrogen) atoms. The summed E-state index contributed by atoms with van der Waals surface area (Å²) in [5.74, 6) is 0.407. The van der Waals surface area contributed by atoms with E-state index in [0.29, 0.717) is 10.8 Å². The molecule has 2 N–H and O–H groups in total. The van der Waals surface area contributed by atoms with Gasteiger partial charge < -0.3 is 4.52 Å². The fourth-order valence-corrected chi connectivity index (χ4v) is 4.08. The third kappa shape index (κ3) is 5.62. The van der Waals surface area contributed by atoms with E-state index in [1.807, 2.05) is 54.6 Å². The number of hydrogen-bond acceptors (Lipinski definition) is 7. The van der Waals surface area contributed by atoms with Crippen molar-refractivity contribution in [1.29, 1.82) is 0 Å². The molecule has 7 nitrogen and oxygen atoms in total. The number of pyridine rings is 1. The predicted octanol–water partition coefficient (Wildman–Crippen LogP) is 4.75. The maximum Gasteiger partial charge on any atom is 0.340 e. The van der Waals surface area contributed by atoms with Gasteiger partial charge in [-0.25, -0.2) is 5.43 Å². The van der Waals surface area contributed by atoms with E-state index in [-0.39, 0.29) is 22.9 Å². The first-order valence-corrected chi connectivity index (χ1v) is 10.8. The van der Waals surface area contributed by atoms with Gasteiger partial charge in [0.1, 0.15) is 0 Å². The minimum absolute atomic E-state index is 0.00841. The van der Waals surface area contributed by atoms with Crippen molar-refractivity contribution in [2.75, 3.05) is 11.2 Å². The maximum atomic E-state index is 12.4. The molecule has 0 radical (unpaired) electrons. The average Bonchev–Trinajstić information content (AvgIpc) is 3.29. The van der Waals surface area contributed by atoms with E-state index in [4.69, 9.17) is 16.1 Å². The molecule has 0 bridgehead atoms. The normalized spacial score (nSPS) is 11.6. The Kier molecular flexibility index (Phi) is 6.81. The summed E-state index contributed by atoms with van der Waals surface area (Å²) in [6, 6.07) is 21.3. The van der Waals surface area contributed by atoms with Gasteiger partial charge in [0, 0.05) is 23.0 Å². The molecule has 4 rings (SSSR count). The van der Waals surface area contributed by atoms with Gasteiger partial charge in [0.15, 0.2) is 0 Å². The number of carbonyl (C=O) groups is 1. The monoisotopic (exact) mass is 451 g/mol. The number of nitrogens with one attached hydrogen (secondary N) is 2. The highest BCUT2D eigenvalue weighted by Gasteiger charge is 2.17. The summed E-state index contributed by atoms with van der Waals surface area (Å²) in [4.78, 5) is 20.6. The number of hydrazine groups is 1. The molecule has 0 fully saturated rings. The Balaban J connectivity index is 1.36. The van der Waals surface area contributed by atoms with E-state index in [9.17, 15) is 4.79 Å². The topological polar surface area (TPSA) is 92.9 Å². The van der Waals surface area contributed by atoms with Crippen LogP contribution in [0.4, 0.5) is 6.01 Å². The highest BCUT2D eigenvalue weighted by atomic mass is 35.5. The zero-order valence-electron chi connectivity index (χ0n) is 16.2. The minimum Gasteiger partial charge on any atom is -0.313 e. The molecule has 0 saturated carbocycles. The Morgan fingerprint density at radius 3 is 2.45 bits per heavy atom. The number of carbonyl (C=O) groups excluding carboxylic acids is 1. The lowest BCUT2D eigenvalue weighted by Gasteiger charge is -2.17. The van der Waals surface area contributed by atoms with Gasteiger partial charge in [-0.15, -0.1) is 11.8 Å². The molecule has 2 aromatic carbocycles. The number of halogens is 1. The first-order chi connectivity index (χ1) is 15.2. The summed E-state index contributed by atoms with van der Waals surface area (Å²) >= 11 is 7.54. The summed E-state index contributed by atoms with van der Waals surface area (Å²) in [5, 5.41) is 4.55. The smallest absolute Gasteiger partial charge is 0.313 e. The lowest BCUT2D eigenvalue weighted by Crippen LogP contribution is -2.31. The number of nitrogens with zero attached hydrogens (tertiary/aromatic N) is 3. The zero-order valence-corrected chi connectivity index (χ0v) is 17.8. The number of amides is 1. The first kappa shape index (κ1) is 20.9. The minimum atomic E-state index is -0.219. The van der Waals surface area contributed by atoms with Crippen LogP contribution in [-0.2, 0) is 4.79 Å². The summed E-state index contributed by atoms with van der Waals surface area (Å²) in [6.45, 7) is 0. The van der Waals surface area contributed by atoms with Crippen LogP contribution in [0.25, 0.3) is 11.4 Å². The van der Waals surface area contributed by atoms with Gasteiger partial charge in [-0.3, -0.25) is 15.2 Å². The van der Waals surface area contributed by atoms with Crippen LogP contribution in [0.3, 0.4) is 0 Å². The van der Waals surface area contributed by atoms with Gasteiger partial charge in [0.25, 0.3) is 0 Å². The Labute approximate surface area is 188 Å². The molecule has 0 aliphatic carbocycles. The Morgan fingerprint density at radius 2 is 1.71 bits per heavy atom. The van der Waals surface area contributed by atoms with Crippen molar-refractivity contribution >= 4 is 35.3 Å². The second kappa shape index (κ2) is 10.1. The molecule has 9 heteroatoms. The van der Waals surface area contributed by atoms with Crippen molar-refractivity contribution in [2.45, 2.75) is 5.25 Å². The van der Waals surface area contributed by atoms with Gasteiger partial charge in [-0.1, -0.05) is 59.2 Å². The van der Waals surface area contributed by atoms with Crippen molar-refractivity contribution in [3.63, 3.8) is 0 Å². The molecule has 2 heterocycles. The SMILES string of the molecule is O=C(CSC(c1ccccc1)c1ccc(Cl)cc1)NNc1nc(-c2ccncc2)no1. The van der Waals surface area contributed by atoms with Crippen molar-refractivity contribution < 1.29 is 9.32 Å². The average molecular weight is 452 g/mol. The van der Waals surface area contributed by atoms with Crippen LogP contribution < -0.4 is 10.9 Å². The number of aromatic nitrogens is 3. The molecule has 1 atom stereocenters. The van der Waals surface area contributed by atoms with Crippen LogP contribution in [0.2, 0.25) is 5.02 Å². The fraction of sp³-hybridized carbons (Fsp3) is 0.0909. The van der Waals surface area contributed by atoms with Crippen molar-refractivity contribution in [1.82, 2.24) is 20.6 Å². The Morgan fingerprint density at radius 1 is 1.00 bits per heavy atom. The number of hydrogen-bond donors (Lipinski definition) is 2. The van der Waals surface area contributed by atoms with Gasteiger partial charge in [-0.05, 0) is 35.4 Å². The number of anilines is 1.